The number of amides is 3. The Morgan fingerprint density at radius 3 is 2.71 bits per heavy atom. The third kappa shape index (κ3) is 5.74. The number of thioether (sulfide) groups is 1. The number of nitrogens with one attached hydrogen (secondary N) is 1. The van der Waals surface area contributed by atoms with E-state index in [1.54, 1.807) is 31.4 Å². The van der Waals surface area contributed by atoms with Crippen LogP contribution in [0.15, 0.2) is 23.1 Å². The molecule has 1 heterocycles. The van der Waals surface area contributed by atoms with Gasteiger partial charge in [0.2, 0.25) is 5.91 Å². The molecule has 0 bridgehead atoms. The number of rotatable bonds is 10. The Morgan fingerprint density at radius 2 is 2.04 bits per heavy atom. The van der Waals surface area contributed by atoms with E-state index in [4.69, 9.17) is 14.2 Å². The zero-order chi connectivity index (χ0) is 20.5. The summed E-state index contributed by atoms with van der Waals surface area (Å²) in [6, 6.07) is 5.23. The van der Waals surface area contributed by atoms with Crippen LogP contribution in [0.4, 0.5) is 4.79 Å². The maximum Gasteiger partial charge on any atom is 0.294 e. The molecule has 0 spiro atoms. The highest BCUT2D eigenvalue weighted by Gasteiger charge is 2.36. The standard InChI is InChI=1S/C19H24N2O6S/c1-4-27-14-7-6-13(10-15(14)26-3)11-16-18(23)21(19(24)28-16)12-17(22)20-8-5-9-25-2/h6-7,10-11H,4-5,8-9,12H2,1-3H3,(H,20,22)/b16-11-. The summed E-state index contributed by atoms with van der Waals surface area (Å²) in [4.78, 5) is 37.8. The van der Waals surface area contributed by atoms with Crippen molar-refractivity contribution < 1.29 is 28.6 Å². The van der Waals surface area contributed by atoms with Gasteiger partial charge in [-0.25, -0.2) is 0 Å². The molecule has 28 heavy (non-hydrogen) atoms. The highest BCUT2D eigenvalue weighted by atomic mass is 32.2. The van der Waals surface area contributed by atoms with Gasteiger partial charge in [0.25, 0.3) is 11.1 Å². The average molecular weight is 408 g/mol. The lowest BCUT2D eigenvalue weighted by Gasteiger charge is -2.12. The minimum Gasteiger partial charge on any atom is -0.493 e. The van der Waals surface area contributed by atoms with Crippen molar-refractivity contribution in [1.82, 2.24) is 10.2 Å². The zero-order valence-corrected chi connectivity index (χ0v) is 17.0. The van der Waals surface area contributed by atoms with Crippen molar-refractivity contribution in [2.75, 3.05) is 40.5 Å². The Labute approximate surface area is 168 Å². The van der Waals surface area contributed by atoms with E-state index in [0.29, 0.717) is 43.2 Å². The molecule has 1 aromatic rings. The molecule has 8 nitrogen and oxygen atoms in total. The van der Waals surface area contributed by atoms with Gasteiger partial charge >= 0.3 is 0 Å². The van der Waals surface area contributed by atoms with Crippen LogP contribution in [0, 0.1) is 0 Å². The maximum absolute atomic E-state index is 12.5. The van der Waals surface area contributed by atoms with Crippen molar-refractivity contribution in [3.63, 3.8) is 0 Å². The lowest BCUT2D eigenvalue weighted by atomic mass is 10.2. The molecule has 0 unspecified atom stereocenters. The number of carbonyl (C=O) groups excluding carboxylic acids is 3. The van der Waals surface area contributed by atoms with E-state index in [2.05, 4.69) is 5.32 Å². The molecule has 2 rings (SSSR count). The average Bonchev–Trinajstić information content (AvgIpc) is 2.94. The first-order valence-corrected chi connectivity index (χ1v) is 9.63. The van der Waals surface area contributed by atoms with Crippen LogP contribution in [0.5, 0.6) is 11.5 Å². The van der Waals surface area contributed by atoms with Gasteiger partial charge in [-0.15, -0.1) is 0 Å². The molecular formula is C19H24N2O6S. The summed E-state index contributed by atoms with van der Waals surface area (Å²) in [5.41, 5.74) is 0.690. The van der Waals surface area contributed by atoms with Gasteiger partial charge in [-0.3, -0.25) is 19.3 Å². The van der Waals surface area contributed by atoms with E-state index in [-0.39, 0.29) is 17.4 Å². The third-order valence-corrected chi connectivity index (χ3v) is 4.72. The SMILES string of the molecule is CCOc1ccc(/C=C2\SC(=O)N(CC(=O)NCCCOC)C2=O)cc1OC. The second kappa shape index (κ2) is 10.7. The molecule has 1 aliphatic heterocycles. The molecule has 1 N–H and O–H groups in total. The number of methoxy groups -OCH3 is 2. The normalized spacial score (nSPS) is 15.2. The second-order valence-electron chi connectivity index (χ2n) is 5.81. The van der Waals surface area contributed by atoms with E-state index >= 15 is 0 Å². The first kappa shape index (κ1) is 21.8. The molecule has 1 aromatic carbocycles. The van der Waals surface area contributed by atoms with Crippen molar-refractivity contribution in [3.8, 4) is 11.5 Å². The molecule has 0 aliphatic carbocycles. The Morgan fingerprint density at radius 1 is 1.25 bits per heavy atom. The third-order valence-electron chi connectivity index (χ3n) is 3.81. The van der Waals surface area contributed by atoms with E-state index in [0.717, 1.165) is 16.7 Å². The van der Waals surface area contributed by atoms with Gasteiger partial charge in [-0.2, -0.15) is 0 Å². The molecule has 1 fully saturated rings. The molecule has 0 radical (unpaired) electrons. The Bertz CT molecular complexity index is 765. The van der Waals surface area contributed by atoms with Crippen molar-refractivity contribution >= 4 is 34.9 Å². The van der Waals surface area contributed by atoms with Crippen LogP contribution in [-0.4, -0.2) is 62.5 Å². The van der Waals surface area contributed by atoms with Crippen LogP contribution < -0.4 is 14.8 Å². The number of hydrogen-bond donors (Lipinski definition) is 1. The second-order valence-corrected chi connectivity index (χ2v) is 6.80. The first-order chi connectivity index (χ1) is 13.5. The van der Waals surface area contributed by atoms with Gasteiger partial charge in [0.1, 0.15) is 6.54 Å². The van der Waals surface area contributed by atoms with Crippen molar-refractivity contribution in [2.45, 2.75) is 13.3 Å². The molecule has 1 aliphatic rings. The monoisotopic (exact) mass is 408 g/mol. The Kier molecular flexibility index (Phi) is 8.34. The van der Waals surface area contributed by atoms with Crippen molar-refractivity contribution in [3.05, 3.63) is 28.7 Å². The van der Waals surface area contributed by atoms with Crippen LogP contribution in [0.1, 0.15) is 18.9 Å². The lowest BCUT2D eigenvalue weighted by Crippen LogP contribution is -2.39. The molecular weight excluding hydrogens is 384 g/mol. The molecule has 152 valence electrons. The summed E-state index contributed by atoms with van der Waals surface area (Å²) in [5, 5.41) is 2.19. The van der Waals surface area contributed by atoms with Crippen LogP contribution >= 0.6 is 11.8 Å². The van der Waals surface area contributed by atoms with Gasteiger partial charge in [-0.05, 0) is 48.9 Å². The number of benzene rings is 1. The highest BCUT2D eigenvalue weighted by Crippen LogP contribution is 2.34. The minimum absolute atomic E-state index is 0.253. The van der Waals surface area contributed by atoms with E-state index in [1.165, 1.54) is 7.11 Å². The Hall–Kier alpha value is -2.52. The summed E-state index contributed by atoms with van der Waals surface area (Å²) in [7, 11) is 3.11. The van der Waals surface area contributed by atoms with Crippen molar-refractivity contribution in [1.29, 1.82) is 0 Å². The number of carbonyl (C=O) groups is 3. The summed E-state index contributed by atoms with van der Waals surface area (Å²) in [6.45, 7) is 3.02. The van der Waals surface area contributed by atoms with Gasteiger partial charge in [0.15, 0.2) is 11.5 Å². The first-order valence-electron chi connectivity index (χ1n) is 8.82. The topological polar surface area (TPSA) is 94.2 Å². The summed E-state index contributed by atoms with van der Waals surface area (Å²) >= 11 is 0.805. The largest absolute Gasteiger partial charge is 0.493 e. The number of hydrogen-bond acceptors (Lipinski definition) is 7. The fourth-order valence-corrected chi connectivity index (χ4v) is 3.32. The zero-order valence-electron chi connectivity index (χ0n) is 16.1. The van der Waals surface area contributed by atoms with Crippen LogP contribution in [0.3, 0.4) is 0 Å². The van der Waals surface area contributed by atoms with Crippen LogP contribution in [0.25, 0.3) is 6.08 Å². The van der Waals surface area contributed by atoms with Crippen LogP contribution in [-0.2, 0) is 14.3 Å². The predicted octanol–water partition coefficient (Wildman–Crippen LogP) is 2.28. The van der Waals surface area contributed by atoms with E-state index < -0.39 is 11.1 Å². The molecule has 9 heteroatoms. The fraction of sp³-hybridized carbons (Fsp3) is 0.421. The van der Waals surface area contributed by atoms with E-state index in [1.807, 2.05) is 6.92 Å². The van der Waals surface area contributed by atoms with E-state index in [9.17, 15) is 14.4 Å². The summed E-state index contributed by atoms with van der Waals surface area (Å²) in [6.07, 6.45) is 2.25. The molecule has 3 amide bonds. The quantitative estimate of drug-likeness (QED) is 0.469. The van der Waals surface area contributed by atoms with Gasteiger partial charge in [0, 0.05) is 20.3 Å². The maximum atomic E-state index is 12.5. The molecule has 0 aromatic heterocycles. The fourth-order valence-electron chi connectivity index (χ4n) is 2.48. The predicted molar refractivity (Wildman–Crippen MR) is 106 cm³/mol. The smallest absolute Gasteiger partial charge is 0.294 e. The number of ether oxygens (including phenoxy) is 3. The van der Waals surface area contributed by atoms with Gasteiger partial charge in [-0.1, -0.05) is 6.07 Å². The summed E-state index contributed by atoms with van der Waals surface area (Å²) in [5.74, 6) is 0.253. The summed E-state index contributed by atoms with van der Waals surface area (Å²) < 4.78 is 15.7. The number of nitrogens with zero attached hydrogens (tertiary/aromatic N) is 1. The number of imide groups is 1. The molecule has 1 saturated heterocycles. The molecule has 0 saturated carbocycles. The lowest BCUT2D eigenvalue weighted by molar-refractivity contribution is -0.129. The minimum atomic E-state index is -0.491. The highest BCUT2D eigenvalue weighted by molar-refractivity contribution is 8.18. The van der Waals surface area contributed by atoms with Gasteiger partial charge < -0.3 is 19.5 Å². The Balaban J connectivity index is 2.05. The van der Waals surface area contributed by atoms with Gasteiger partial charge in [0.05, 0.1) is 18.6 Å². The molecule has 0 atom stereocenters. The van der Waals surface area contributed by atoms with Crippen LogP contribution in [0.2, 0.25) is 0 Å². The van der Waals surface area contributed by atoms with Crippen molar-refractivity contribution in [2.24, 2.45) is 0 Å².